The van der Waals surface area contributed by atoms with Gasteiger partial charge in [-0.2, -0.15) is 0 Å². The molecule has 0 radical (unpaired) electrons. The fourth-order valence-corrected chi connectivity index (χ4v) is 1.11. The highest BCUT2D eigenvalue weighted by Crippen LogP contribution is 2.10. The van der Waals surface area contributed by atoms with Crippen molar-refractivity contribution >= 4 is 0 Å². The lowest BCUT2D eigenvalue weighted by Crippen LogP contribution is -1.96. The fourth-order valence-electron chi connectivity index (χ4n) is 1.11. The van der Waals surface area contributed by atoms with Crippen molar-refractivity contribution in [3.8, 4) is 11.8 Å². The van der Waals surface area contributed by atoms with Gasteiger partial charge < -0.3 is 10.5 Å². The van der Waals surface area contributed by atoms with Crippen molar-refractivity contribution in [2.45, 2.75) is 13.5 Å². The van der Waals surface area contributed by atoms with Crippen molar-refractivity contribution in [1.29, 1.82) is 0 Å². The molecule has 1 rings (SSSR count). The Labute approximate surface area is 89.2 Å². The fraction of sp³-hybridized carbons (Fsp3) is 0.333. The SMILES string of the molecule is CCOCc1ccc(C#CCN)cc1F. The summed E-state index contributed by atoms with van der Waals surface area (Å²) in [6.45, 7) is 3.03. The average Bonchev–Trinajstić information content (AvgIpc) is 2.25. The van der Waals surface area contributed by atoms with E-state index in [1.165, 1.54) is 6.07 Å². The Kier molecular flexibility index (Phi) is 4.82. The molecule has 0 fully saturated rings. The molecule has 0 saturated carbocycles. The van der Waals surface area contributed by atoms with Gasteiger partial charge in [0.1, 0.15) is 5.82 Å². The molecule has 0 atom stereocenters. The number of halogens is 1. The Morgan fingerprint density at radius 1 is 1.47 bits per heavy atom. The number of rotatable bonds is 3. The van der Waals surface area contributed by atoms with Crippen LogP contribution in [-0.4, -0.2) is 13.2 Å². The third kappa shape index (κ3) is 3.70. The van der Waals surface area contributed by atoms with E-state index in [0.717, 1.165) is 0 Å². The topological polar surface area (TPSA) is 35.2 Å². The minimum absolute atomic E-state index is 0.280. The lowest BCUT2D eigenvalue weighted by Gasteiger charge is -2.03. The minimum Gasteiger partial charge on any atom is -0.377 e. The molecule has 0 aromatic heterocycles. The first-order chi connectivity index (χ1) is 7.27. The monoisotopic (exact) mass is 207 g/mol. The van der Waals surface area contributed by atoms with Gasteiger partial charge in [0.15, 0.2) is 0 Å². The quantitative estimate of drug-likeness (QED) is 0.765. The molecule has 0 unspecified atom stereocenters. The van der Waals surface area contributed by atoms with Crippen LogP contribution < -0.4 is 5.73 Å². The molecule has 0 bridgehead atoms. The highest BCUT2D eigenvalue weighted by molar-refractivity contribution is 5.37. The zero-order chi connectivity index (χ0) is 11.1. The van der Waals surface area contributed by atoms with Crippen LogP contribution in [0.1, 0.15) is 18.1 Å². The van der Waals surface area contributed by atoms with Crippen LogP contribution in [-0.2, 0) is 11.3 Å². The highest BCUT2D eigenvalue weighted by Gasteiger charge is 2.01. The van der Waals surface area contributed by atoms with Crippen molar-refractivity contribution in [2.24, 2.45) is 5.73 Å². The zero-order valence-corrected chi connectivity index (χ0v) is 8.72. The summed E-state index contributed by atoms with van der Waals surface area (Å²) >= 11 is 0. The second-order valence-electron chi connectivity index (χ2n) is 2.95. The molecule has 1 aromatic rings. The van der Waals surface area contributed by atoms with E-state index in [0.29, 0.717) is 24.3 Å². The van der Waals surface area contributed by atoms with Gasteiger partial charge in [-0.05, 0) is 19.1 Å². The zero-order valence-electron chi connectivity index (χ0n) is 8.72. The first kappa shape index (κ1) is 11.7. The van der Waals surface area contributed by atoms with Gasteiger partial charge in [0, 0.05) is 17.7 Å². The highest BCUT2D eigenvalue weighted by atomic mass is 19.1. The minimum atomic E-state index is -0.285. The Morgan fingerprint density at radius 3 is 2.87 bits per heavy atom. The predicted molar refractivity (Wildman–Crippen MR) is 57.7 cm³/mol. The maximum atomic E-state index is 13.4. The second-order valence-corrected chi connectivity index (χ2v) is 2.95. The van der Waals surface area contributed by atoms with Gasteiger partial charge in [-0.15, -0.1) is 0 Å². The molecule has 0 spiro atoms. The summed E-state index contributed by atoms with van der Waals surface area (Å²) < 4.78 is 18.5. The van der Waals surface area contributed by atoms with E-state index >= 15 is 0 Å². The Bertz CT molecular complexity index is 379. The van der Waals surface area contributed by atoms with E-state index < -0.39 is 0 Å². The molecule has 0 amide bonds. The molecule has 80 valence electrons. The van der Waals surface area contributed by atoms with Crippen LogP contribution in [0.3, 0.4) is 0 Å². The van der Waals surface area contributed by atoms with Crippen LogP contribution in [0.5, 0.6) is 0 Å². The lowest BCUT2D eigenvalue weighted by atomic mass is 10.1. The summed E-state index contributed by atoms with van der Waals surface area (Å²) in [4.78, 5) is 0. The first-order valence-corrected chi connectivity index (χ1v) is 4.83. The van der Waals surface area contributed by atoms with Crippen LogP contribution in [0.25, 0.3) is 0 Å². The number of benzene rings is 1. The van der Waals surface area contributed by atoms with Crippen LogP contribution in [0.4, 0.5) is 4.39 Å². The van der Waals surface area contributed by atoms with Crippen molar-refractivity contribution in [1.82, 2.24) is 0 Å². The lowest BCUT2D eigenvalue weighted by molar-refractivity contribution is 0.131. The predicted octanol–water partition coefficient (Wildman–Crippen LogP) is 1.67. The van der Waals surface area contributed by atoms with Crippen molar-refractivity contribution in [3.63, 3.8) is 0 Å². The van der Waals surface area contributed by atoms with Gasteiger partial charge in [-0.25, -0.2) is 4.39 Å². The van der Waals surface area contributed by atoms with Gasteiger partial charge >= 0.3 is 0 Å². The maximum Gasteiger partial charge on any atom is 0.129 e. The molecule has 2 N–H and O–H groups in total. The first-order valence-electron chi connectivity index (χ1n) is 4.83. The molecule has 15 heavy (non-hydrogen) atoms. The summed E-state index contributed by atoms with van der Waals surface area (Å²) in [5, 5.41) is 0. The largest absolute Gasteiger partial charge is 0.377 e. The van der Waals surface area contributed by atoms with Gasteiger partial charge in [0.2, 0.25) is 0 Å². The molecular weight excluding hydrogens is 193 g/mol. The van der Waals surface area contributed by atoms with Crippen LogP contribution in [0.2, 0.25) is 0 Å². The summed E-state index contributed by atoms with van der Waals surface area (Å²) in [5.41, 5.74) is 6.41. The Balaban J connectivity index is 2.78. The molecule has 0 aliphatic heterocycles. The van der Waals surface area contributed by atoms with Crippen LogP contribution in [0, 0.1) is 17.7 Å². The van der Waals surface area contributed by atoms with E-state index in [9.17, 15) is 4.39 Å². The third-order valence-corrected chi connectivity index (χ3v) is 1.85. The average molecular weight is 207 g/mol. The third-order valence-electron chi connectivity index (χ3n) is 1.85. The Hall–Kier alpha value is -1.37. The summed E-state index contributed by atoms with van der Waals surface area (Å²) in [5.74, 6) is 5.16. The second kappa shape index (κ2) is 6.18. The maximum absolute atomic E-state index is 13.4. The normalized spacial score (nSPS) is 9.53. The molecule has 1 aromatic carbocycles. The molecule has 3 heteroatoms. The molecular formula is C12H14FNO. The van der Waals surface area contributed by atoms with Crippen LogP contribution >= 0.6 is 0 Å². The van der Waals surface area contributed by atoms with Crippen LogP contribution in [0.15, 0.2) is 18.2 Å². The molecule has 0 aliphatic rings. The van der Waals surface area contributed by atoms with E-state index in [1.807, 2.05) is 6.92 Å². The number of hydrogen-bond donors (Lipinski definition) is 1. The summed E-state index contributed by atoms with van der Waals surface area (Å²) in [6.07, 6.45) is 0. The number of hydrogen-bond acceptors (Lipinski definition) is 2. The van der Waals surface area contributed by atoms with E-state index in [1.54, 1.807) is 12.1 Å². The summed E-state index contributed by atoms with van der Waals surface area (Å²) in [6, 6.07) is 4.85. The van der Waals surface area contributed by atoms with E-state index in [2.05, 4.69) is 11.8 Å². The standard InChI is InChI=1S/C12H14FNO/c1-2-15-9-11-6-5-10(4-3-7-14)8-12(11)13/h5-6,8H,2,7,9,14H2,1H3. The van der Waals surface area contributed by atoms with Crippen molar-refractivity contribution < 1.29 is 9.13 Å². The summed E-state index contributed by atoms with van der Waals surface area (Å²) in [7, 11) is 0. The molecule has 0 saturated heterocycles. The molecule has 0 heterocycles. The van der Waals surface area contributed by atoms with Gasteiger partial charge in [-0.1, -0.05) is 17.9 Å². The van der Waals surface area contributed by atoms with Gasteiger partial charge in [-0.3, -0.25) is 0 Å². The Morgan fingerprint density at radius 2 is 2.27 bits per heavy atom. The number of nitrogens with two attached hydrogens (primary N) is 1. The van der Waals surface area contributed by atoms with E-state index in [-0.39, 0.29) is 12.4 Å². The van der Waals surface area contributed by atoms with Gasteiger partial charge in [0.05, 0.1) is 13.2 Å². The van der Waals surface area contributed by atoms with E-state index in [4.69, 9.17) is 10.5 Å². The smallest absolute Gasteiger partial charge is 0.129 e. The molecule has 0 aliphatic carbocycles. The van der Waals surface area contributed by atoms with Gasteiger partial charge in [0.25, 0.3) is 0 Å². The van der Waals surface area contributed by atoms with Crippen molar-refractivity contribution in [3.05, 3.63) is 35.1 Å². The van der Waals surface area contributed by atoms with Crippen molar-refractivity contribution in [2.75, 3.05) is 13.2 Å². The number of ether oxygens (including phenoxy) is 1. The molecule has 2 nitrogen and oxygen atoms in total.